The van der Waals surface area contributed by atoms with Crippen molar-refractivity contribution in [3.05, 3.63) is 27.0 Å². The second kappa shape index (κ2) is 10.0. The Hall–Kier alpha value is -0.700. The molecule has 1 fully saturated rings. The highest BCUT2D eigenvalue weighted by atomic mass is 35.5. The van der Waals surface area contributed by atoms with Gasteiger partial charge in [-0.05, 0) is 44.9 Å². The van der Waals surface area contributed by atoms with E-state index in [2.05, 4.69) is 4.98 Å². The predicted molar refractivity (Wildman–Crippen MR) is 111 cm³/mol. The van der Waals surface area contributed by atoms with Crippen LogP contribution in [0.5, 0.6) is 0 Å². The van der Waals surface area contributed by atoms with Crippen LogP contribution in [0.25, 0.3) is 9.88 Å². The van der Waals surface area contributed by atoms with E-state index in [0.717, 1.165) is 57.1 Å². The van der Waals surface area contributed by atoms with Crippen LogP contribution in [0.15, 0.2) is 12.1 Å². The first-order chi connectivity index (χ1) is 12.1. The second-order valence-electron chi connectivity index (χ2n) is 6.04. The van der Waals surface area contributed by atoms with Crippen molar-refractivity contribution in [3.63, 3.8) is 0 Å². The molecular weight excluding hydrogens is 413 g/mol. The number of ether oxygens (including phenoxy) is 1. The van der Waals surface area contributed by atoms with Crippen LogP contribution in [0.4, 0.5) is 0 Å². The number of carbonyl (C=O) groups excluding carboxylic acids is 1. The van der Waals surface area contributed by atoms with Gasteiger partial charge in [0.1, 0.15) is 9.88 Å². The molecule has 0 saturated carbocycles. The summed E-state index contributed by atoms with van der Waals surface area (Å²) in [6.07, 6.45) is 2.87. The van der Waals surface area contributed by atoms with Crippen molar-refractivity contribution in [2.24, 2.45) is 5.73 Å². The zero-order valence-electron chi connectivity index (χ0n) is 14.6. The lowest BCUT2D eigenvalue weighted by molar-refractivity contribution is 0.00855. The fourth-order valence-corrected chi connectivity index (χ4v) is 4.96. The molecule has 0 aromatic carbocycles. The summed E-state index contributed by atoms with van der Waals surface area (Å²) in [6, 6.07) is 3.80. The number of nitrogens with two attached hydrogens (primary N) is 1. The van der Waals surface area contributed by atoms with Gasteiger partial charge in [-0.1, -0.05) is 11.6 Å². The fourth-order valence-electron chi connectivity index (χ4n) is 2.83. The molecule has 5 nitrogen and oxygen atoms in total. The third-order valence-electron chi connectivity index (χ3n) is 4.21. The van der Waals surface area contributed by atoms with E-state index in [9.17, 15) is 4.79 Å². The first-order valence-corrected chi connectivity index (χ1v) is 10.4. The third-order valence-corrected chi connectivity index (χ3v) is 6.75. The smallest absolute Gasteiger partial charge is 0.265 e. The average Bonchev–Trinajstić information content (AvgIpc) is 3.21. The van der Waals surface area contributed by atoms with Crippen molar-refractivity contribution < 1.29 is 9.53 Å². The minimum atomic E-state index is 0. The topological polar surface area (TPSA) is 68.5 Å². The number of nitrogens with zero attached hydrogens (tertiary/aromatic N) is 2. The molecule has 1 aliphatic heterocycles. The molecule has 0 spiro atoms. The summed E-state index contributed by atoms with van der Waals surface area (Å²) in [5.74, 6) is 0.0734. The molecule has 1 amide bonds. The van der Waals surface area contributed by atoms with Gasteiger partial charge in [-0.15, -0.1) is 35.1 Å². The molecule has 0 atom stereocenters. The highest BCUT2D eigenvalue weighted by Gasteiger charge is 2.27. The fraction of sp³-hybridized carbons (Fsp3) is 0.529. The van der Waals surface area contributed by atoms with Gasteiger partial charge >= 0.3 is 0 Å². The number of aryl methyl sites for hydroxylation is 1. The van der Waals surface area contributed by atoms with Crippen LogP contribution in [-0.2, 0) is 4.74 Å². The number of thiophene rings is 1. The molecule has 1 saturated heterocycles. The van der Waals surface area contributed by atoms with Gasteiger partial charge in [-0.3, -0.25) is 4.79 Å². The second-order valence-corrected chi connectivity index (χ2v) is 8.76. The maximum Gasteiger partial charge on any atom is 0.265 e. The quantitative estimate of drug-likeness (QED) is 0.689. The van der Waals surface area contributed by atoms with Gasteiger partial charge in [-0.25, -0.2) is 4.98 Å². The molecule has 9 heteroatoms. The van der Waals surface area contributed by atoms with Gasteiger partial charge in [0.15, 0.2) is 0 Å². The Balaban J connectivity index is 0.00000243. The summed E-state index contributed by atoms with van der Waals surface area (Å²) >= 11 is 8.93. The van der Waals surface area contributed by atoms with Gasteiger partial charge in [0.2, 0.25) is 0 Å². The molecule has 26 heavy (non-hydrogen) atoms. The Bertz CT molecular complexity index is 727. The highest BCUT2D eigenvalue weighted by Crippen LogP contribution is 2.35. The molecule has 2 aromatic rings. The Morgan fingerprint density at radius 2 is 2.12 bits per heavy atom. The molecule has 2 aromatic heterocycles. The molecule has 0 radical (unpaired) electrons. The van der Waals surface area contributed by atoms with E-state index in [1.54, 1.807) is 0 Å². The van der Waals surface area contributed by atoms with Crippen LogP contribution in [0.1, 0.15) is 34.6 Å². The number of likely N-dealkylation sites (tertiary alicyclic amines) is 1. The first-order valence-electron chi connectivity index (χ1n) is 8.42. The normalized spacial score (nSPS) is 15.1. The molecule has 2 N–H and O–H groups in total. The van der Waals surface area contributed by atoms with Crippen molar-refractivity contribution in [3.8, 4) is 9.88 Å². The van der Waals surface area contributed by atoms with E-state index in [1.807, 2.05) is 24.0 Å². The minimum absolute atomic E-state index is 0. The Morgan fingerprint density at radius 3 is 2.73 bits per heavy atom. The Morgan fingerprint density at radius 1 is 1.38 bits per heavy atom. The molecule has 0 aliphatic carbocycles. The van der Waals surface area contributed by atoms with Gasteiger partial charge in [0, 0.05) is 19.7 Å². The van der Waals surface area contributed by atoms with Crippen LogP contribution in [0.3, 0.4) is 0 Å². The zero-order chi connectivity index (χ0) is 17.8. The Kier molecular flexibility index (Phi) is 8.32. The summed E-state index contributed by atoms with van der Waals surface area (Å²) in [7, 11) is 0. The van der Waals surface area contributed by atoms with Crippen molar-refractivity contribution in [1.82, 2.24) is 9.88 Å². The van der Waals surface area contributed by atoms with Crippen LogP contribution in [0, 0.1) is 6.92 Å². The maximum absolute atomic E-state index is 12.9. The maximum atomic E-state index is 12.9. The van der Waals surface area contributed by atoms with Gasteiger partial charge in [-0.2, -0.15) is 0 Å². The summed E-state index contributed by atoms with van der Waals surface area (Å²) in [5, 5.41) is 0.859. The molecule has 144 valence electrons. The average molecular weight is 436 g/mol. The number of hydrogen-bond donors (Lipinski definition) is 1. The van der Waals surface area contributed by atoms with Crippen LogP contribution < -0.4 is 5.73 Å². The lowest BCUT2D eigenvalue weighted by Gasteiger charge is -2.31. The van der Waals surface area contributed by atoms with Crippen molar-refractivity contribution in [1.29, 1.82) is 0 Å². The van der Waals surface area contributed by atoms with E-state index in [4.69, 9.17) is 22.1 Å². The monoisotopic (exact) mass is 435 g/mol. The van der Waals surface area contributed by atoms with Gasteiger partial charge < -0.3 is 15.4 Å². The number of carbonyl (C=O) groups is 1. The largest absolute Gasteiger partial charge is 0.378 e. The predicted octanol–water partition coefficient (Wildman–Crippen LogP) is 4.23. The van der Waals surface area contributed by atoms with E-state index in [0.29, 0.717) is 13.2 Å². The first kappa shape index (κ1) is 21.6. The van der Waals surface area contributed by atoms with Gasteiger partial charge in [0.25, 0.3) is 5.91 Å². The summed E-state index contributed by atoms with van der Waals surface area (Å²) in [4.78, 5) is 21.1. The number of piperidine rings is 1. The van der Waals surface area contributed by atoms with Gasteiger partial charge in [0.05, 0.1) is 21.0 Å². The third kappa shape index (κ3) is 5.18. The lowest BCUT2D eigenvalue weighted by Crippen LogP contribution is -2.41. The summed E-state index contributed by atoms with van der Waals surface area (Å²) in [6.45, 7) is 4.70. The minimum Gasteiger partial charge on any atom is -0.378 e. The van der Waals surface area contributed by atoms with E-state index >= 15 is 0 Å². The molecule has 1 aliphatic rings. The van der Waals surface area contributed by atoms with Crippen LogP contribution in [0.2, 0.25) is 4.34 Å². The molecule has 3 heterocycles. The number of aromatic nitrogens is 1. The van der Waals surface area contributed by atoms with Crippen molar-refractivity contribution in [2.45, 2.75) is 32.3 Å². The van der Waals surface area contributed by atoms with Crippen molar-refractivity contribution >= 4 is 52.6 Å². The number of rotatable bonds is 6. The number of thiazole rings is 1. The number of amides is 1. The van der Waals surface area contributed by atoms with E-state index in [1.165, 1.54) is 22.7 Å². The summed E-state index contributed by atoms with van der Waals surface area (Å²) < 4.78 is 6.54. The molecular formula is C17H23Cl2N3O2S2. The Labute approximate surface area is 172 Å². The van der Waals surface area contributed by atoms with Crippen LogP contribution >= 0.6 is 46.7 Å². The SMILES string of the molecule is Cc1nc(-c2ccc(Cl)s2)sc1C(=O)N1CCC(OCCCN)CC1.Cl. The van der Waals surface area contributed by atoms with Crippen molar-refractivity contribution in [2.75, 3.05) is 26.2 Å². The number of halogens is 2. The number of hydrogen-bond acceptors (Lipinski definition) is 6. The van der Waals surface area contributed by atoms with Crippen LogP contribution in [-0.4, -0.2) is 48.1 Å². The molecule has 3 rings (SSSR count). The standard InChI is InChI=1S/C17H22ClN3O2S2.ClH/c1-11-15(25-16(20-11)13-3-4-14(18)24-13)17(22)21-8-5-12(6-9-21)23-10-2-7-19;/h3-4,12H,2,5-10,19H2,1H3;1H. The summed E-state index contributed by atoms with van der Waals surface area (Å²) in [5.41, 5.74) is 6.27. The molecule has 0 unspecified atom stereocenters. The molecule has 0 bridgehead atoms. The van der Waals surface area contributed by atoms with E-state index in [-0.39, 0.29) is 24.4 Å². The van der Waals surface area contributed by atoms with E-state index < -0.39 is 0 Å². The highest BCUT2D eigenvalue weighted by molar-refractivity contribution is 7.24. The lowest BCUT2D eigenvalue weighted by atomic mass is 10.1. The zero-order valence-corrected chi connectivity index (χ0v) is 17.8.